The van der Waals surface area contributed by atoms with Crippen molar-refractivity contribution in [3.63, 3.8) is 0 Å². The van der Waals surface area contributed by atoms with Gasteiger partial charge in [-0.2, -0.15) is 0 Å². The molecule has 0 unspecified atom stereocenters. The molecule has 0 saturated carbocycles. The van der Waals surface area contributed by atoms with Crippen molar-refractivity contribution in [1.82, 2.24) is 4.90 Å². The Labute approximate surface area is 186 Å². The zero-order chi connectivity index (χ0) is 22.8. The van der Waals surface area contributed by atoms with Crippen molar-refractivity contribution in [3.8, 4) is 0 Å². The molecule has 1 amide bonds. The molecule has 4 rings (SSSR count). The predicted octanol–water partition coefficient (Wildman–Crippen LogP) is 5.25. The monoisotopic (exact) mass is 445 g/mol. The molecule has 2 aliphatic heterocycles. The van der Waals surface area contributed by atoms with Gasteiger partial charge in [-0.15, -0.1) is 0 Å². The van der Waals surface area contributed by atoms with Crippen LogP contribution in [0.5, 0.6) is 0 Å². The van der Waals surface area contributed by atoms with E-state index < -0.39 is 14.1 Å². The molecule has 2 aliphatic rings. The van der Waals surface area contributed by atoms with Crippen molar-refractivity contribution in [2.75, 3.05) is 6.61 Å². The number of hydrogen-bond acceptors (Lipinski definition) is 5. The minimum absolute atomic E-state index is 0.0336. The predicted molar refractivity (Wildman–Crippen MR) is 122 cm³/mol. The van der Waals surface area contributed by atoms with Gasteiger partial charge in [0.15, 0.2) is 14.1 Å². The number of likely N-dealkylation sites (tertiary alicyclic amines) is 1. The summed E-state index contributed by atoms with van der Waals surface area (Å²) in [6.07, 6.45) is -0.589. The standard InChI is InChI=1S/C24H35NO5Si/c1-15(26)25-17(14-27-31(7,8)23(2,3)4)21-22(30-24(5,6)29-21)20(25)19-13-16-11-9-10-12-18(16)28-19/h9-13,17,20-22H,14H2,1-8H3/t17-,20+,21+,22-/m0/s1. The number of benzene rings is 1. The van der Waals surface area contributed by atoms with Crippen molar-refractivity contribution in [2.45, 2.75) is 89.8 Å². The topological polar surface area (TPSA) is 61.1 Å². The van der Waals surface area contributed by atoms with E-state index in [1.165, 1.54) is 0 Å². The highest BCUT2D eigenvalue weighted by molar-refractivity contribution is 6.74. The van der Waals surface area contributed by atoms with Gasteiger partial charge in [-0.3, -0.25) is 4.79 Å². The number of rotatable bonds is 4. The molecule has 4 atom stereocenters. The molecule has 7 heteroatoms. The van der Waals surface area contributed by atoms with Crippen LogP contribution in [0.1, 0.15) is 53.3 Å². The smallest absolute Gasteiger partial charge is 0.220 e. The average Bonchev–Trinajstić information content (AvgIpc) is 3.27. The Morgan fingerprint density at radius 3 is 2.42 bits per heavy atom. The molecule has 2 fully saturated rings. The van der Waals surface area contributed by atoms with Crippen LogP contribution in [0.4, 0.5) is 0 Å². The number of amides is 1. The minimum atomic E-state index is -2.00. The van der Waals surface area contributed by atoms with Crippen LogP contribution in [-0.2, 0) is 18.7 Å². The lowest BCUT2D eigenvalue weighted by atomic mass is 10.1. The number of fused-ring (bicyclic) bond motifs is 2. The minimum Gasteiger partial charge on any atom is -0.459 e. The summed E-state index contributed by atoms with van der Waals surface area (Å²) in [6.45, 7) is 17.0. The molecule has 0 aliphatic carbocycles. The number of furan rings is 1. The van der Waals surface area contributed by atoms with Gasteiger partial charge in [0.1, 0.15) is 29.6 Å². The van der Waals surface area contributed by atoms with E-state index in [1.807, 2.05) is 49.1 Å². The van der Waals surface area contributed by atoms with E-state index >= 15 is 0 Å². The number of carbonyl (C=O) groups is 1. The summed E-state index contributed by atoms with van der Waals surface area (Å²) >= 11 is 0. The summed E-state index contributed by atoms with van der Waals surface area (Å²) < 4.78 is 25.4. The Morgan fingerprint density at radius 2 is 1.81 bits per heavy atom. The summed E-state index contributed by atoms with van der Waals surface area (Å²) in [4.78, 5) is 14.8. The van der Waals surface area contributed by atoms with Crippen LogP contribution in [0, 0.1) is 0 Å². The van der Waals surface area contributed by atoms with Gasteiger partial charge in [0.05, 0.1) is 12.6 Å². The molecule has 3 heterocycles. The van der Waals surface area contributed by atoms with Gasteiger partial charge in [-0.05, 0) is 44.1 Å². The zero-order valence-corrected chi connectivity index (χ0v) is 20.9. The molecule has 0 radical (unpaired) electrons. The van der Waals surface area contributed by atoms with Gasteiger partial charge in [-0.25, -0.2) is 0 Å². The Hall–Kier alpha value is -1.67. The quantitative estimate of drug-likeness (QED) is 0.602. The third-order valence-electron chi connectivity index (χ3n) is 7.03. The Balaban J connectivity index is 1.71. The van der Waals surface area contributed by atoms with Crippen molar-refractivity contribution < 1.29 is 23.1 Å². The number of nitrogens with zero attached hydrogens (tertiary/aromatic N) is 1. The summed E-state index contributed by atoms with van der Waals surface area (Å²) in [5, 5.41) is 1.09. The molecule has 2 aromatic rings. The molecule has 170 valence electrons. The SMILES string of the molecule is CC(=O)N1[C@H](c2cc3ccccc3o2)[C@@H]2OC(C)(C)O[C@@H]2[C@@H]1CO[Si](C)(C)C(C)(C)C. The second-order valence-electron chi connectivity index (χ2n) is 10.8. The lowest BCUT2D eigenvalue weighted by Crippen LogP contribution is -2.49. The number of carbonyl (C=O) groups excluding carboxylic acids is 1. The lowest BCUT2D eigenvalue weighted by molar-refractivity contribution is -0.175. The van der Waals surface area contributed by atoms with E-state index in [0.29, 0.717) is 6.61 Å². The van der Waals surface area contributed by atoms with Crippen LogP contribution in [0.2, 0.25) is 18.1 Å². The van der Waals surface area contributed by atoms with E-state index in [1.54, 1.807) is 6.92 Å². The third-order valence-corrected chi connectivity index (χ3v) is 11.5. The molecule has 0 bridgehead atoms. The molecular formula is C24H35NO5Si. The molecule has 2 saturated heterocycles. The van der Waals surface area contributed by atoms with Gasteiger partial charge < -0.3 is 23.2 Å². The number of ether oxygens (including phenoxy) is 2. The summed E-state index contributed by atoms with van der Waals surface area (Å²) in [6, 6.07) is 9.30. The van der Waals surface area contributed by atoms with Crippen LogP contribution < -0.4 is 0 Å². The number of para-hydroxylation sites is 1. The van der Waals surface area contributed by atoms with E-state index in [4.69, 9.17) is 18.3 Å². The van der Waals surface area contributed by atoms with Crippen molar-refractivity contribution >= 4 is 25.2 Å². The summed E-state index contributed by atoms with van der Waals surface area (Å²) in [5.41, 5.74) is 0.803. The fourth-order valence-electron chi connectivity index (χ4n) is 4.44. The maximum absolute atomic E-state index is 12.9. The maximum Gasteiger partial charge on any atom is 0.220 e. The fraction of sp³-hybridized carbons (Fsp3) is 0.625. The van der Waals surface area contributed by atoms with Crippen LogP contribution in [0.15, 0.2) is 34.7 Å². The van der Waals surface area contributed by atoms with Crippen LogP contribution in [0.3, 0.4) is 0 Å². The highest BCUT2D eigenvalue weighted by atomic mass is 28.4. The average molecular weight is 446 g/mol. The highest BCUT2D eigenvalue weighted by Gasteiger charge is 2.60. The molecule has 0 N–H and O–H groups in total. The van der Waals surface area contributed by atoms with Gasteiger partial charge >= 0.3 is 0 Å². The van der Waals surface area contributed by atoms with Crippen LogP contribution >= 0.6 is 0 Å². The third kappa shape index (κ3) is 3.97. The maximum atomic E-state index is 12.9. The van der Waals surface area contributed by atoms with Gasteiger partial charge in [0.2, 0.25) is 5.91 Å². The normalized spacial score (nSPS) is 28.3. The van der Waals surface area contributed by atoms with E-state index in [0.717, 1.165) is 16.7 Å². The second kappa shape index (κ2) is 7.44. The first-order valence-corrected chi connectivity index (χ1v) is 14.0. The zero-order valence-electron chi connectivity index (χ0n) is 19.9. The number of hydrogen-bond donors (Lipinski definition) is 0. The summed E-state index contributed by atoms with van der Waals surface area (Å²) in [5.74, 6) is -0.0336. The largest absolute Gasteiger partial charge is 0.459 e. The van der Waals surface area contributed by atoms with E-state index in [2.05, 4.69) is 33.9 Å². The van der Waals surface area contributed by atoms with Gasteiger partial charge in [0.25, 0.3) is 0 Å². The first-order chi connectivity index (χ1) is 14.3. The van der Waals surface area contributed by atoms with E-state index in [9.17, 15) is 4.79 Å². The Morgan fingerprint density at radius 1 is 1.16 bits per heavy atom. The van der Waals surface area contributed by atoms with E-state index in [-0.39, 0.29) is 35.2 Å². The van der Waals surface area contributed by atoms with Crippen molar-refractivity contribution in [2.24, 2.45) is 0 Å². The fourth-order valence-corrected chi connectivity index (χ4v) is 5.46. The molecule has 1 aromatic heterocycles. The Kier molecular flexibility index (Phi) is 5.40. The van der Waals surface area contributed by atoms with Crippen molar-refractivity contribution in [1.29, 1.82) is 0 Å². The molecule has 31 heavy (non-hydrogen) atoms. The van der Waals surface area contributed by atoms with Gasteiger partial charge in [0, 0.05) is 12.3 Å². The molecule has 1 aromatic carbocycles. The molecule has 0 spiro atoms. The van der Waals surface area contributed by atoms with Crippen molar-refractivity contribution in [3.05, 3.63) is 36.1 Å². The lowest BCUT2D eigenvalue weighted by Gasteiger charge is -2.39. The van der Waals surface area contributed by atoms with Crippen LogP contribution in [0.25, 0.3) is 11.0 Å². The van der Waals surface area contributed by atoms with Crippen LogP contribution in [-0.4, -0.2) is 49.8 Å². The molecule has 6 nitrogen and oxygen atoms in total. The molecular weight excluding hydrogens is 410 g/mol. The first-order valence-electron chi connectivity index (χ1n) is 11.1. The summed E-state index contributed by atoms with van der Waals surface area (Å²) in [7, 11) is -2.00. The van der Waals surface area contributed by atoms with Gasteiger partial charge in [-0.1, -0.05) is 39.0 Å². The Bertz CT molecular complexity index is 943. The highest BCUT2D eigenvalue weighted by Crippen LogP contribution is 2.48. The first kappa shape index (κ1) is 22.5. The second-order valence-corrected chi connectivity index (χ2v) is 15.6.